The molecule has 1 aliphatic rings. The number of hydrogen-bond donors (Lipinski definition) is 2. The van der Waals surface area contributed by atoms with Crippen molar-refractivity contribution in [2.75, 3.05) is 31.1 Å². The molecular formula is C16H24BrN3O. The highest BCUT2D eigenvalue weighted by atomic mass is 79.9. The van der Waals surface area contributed by atoms with E-state index in [1.807, 2.05) is 0 Å². The summed E-state index contributed by atoms with van der Waals surface area (Å²) in [6.45, 7) is 8.64. The van der Waals surface area contributed by atoms with Gasteiger partial charge in [0.25, 0.3) is 0 Å². The molecule has 116 valence electrons. The van der Waals surface area contributed by atoms with E-state index < -0.39 is 0 Å². The topological polar surface area (TPSA) is 44.4 Å². The second-order valence-corrected chi connectivity index (χ2v) is 6.80. The molecule has 1 saturated heterocycles. The highest BCUT2D eigenvalue weighted by molar-refractivity contribution is 9.10. The van der Waals surface area contributed by atoms with Crippen molar-refractivity contribution in [2.24, 2.45) is 5.92 Å². The molecule has 1 amide bonds. The summed E-state index contributed by atoms with van der Waals surface area (Å²) >= 11 is 3.56. The summed E-state index contributed by atoms with van der Waals surface area (Å²) in [5.74, 6) is 0.788. The van der Waals surface area contributed by atoms with Crippen LogP contribution in [0.4, 0.5) is 5.69 Å². The van der Waals surface area contributed by atoms with Crippen LogP contribution in [-0.4, -0.2) is 32.1 Å². The SMILES string of the molecule is CC(C)CNCc1ccc(Br)cc1N1CCNC(=O)CC1. The number of hydrogen-bond acceptors (Lipinski definition) is 3. The zero-order chi connectivity index (χ0) is 15.2. The van der Waals surface area contributed by atoms with Gasteiger partial charge in [0, 0.05) is 42.8 Å². The Bertz CT molecular complexity index is 490. The predicted octanol–water partition coefficient (Wildman–Crippen LogP) is 2.52. The monoisotopic (exact) mass is 353 g/mol. The van der Waals surface area contributed by atoms with Crippen LogP contribution in [0.3, 0.4) is 0 Å². The Kier molecular flexibility index (Phi) is 6.06. The van der Waals surface area contributed by atoms with Crippen molar-refractivity contribution in [3.05, 3.63) is 28.2 Å². The van der Waals surface area contributed by atoms with E-state index in [9.17, 15) is 4.79 Å². The zero-order valence-electron chi connectivity index (χ0n) is 12.8. The van der Waals surface area contributed by atoms with Crippen LogP contribution in [0.15, 0.2) is 22.7 Å². The lowest BCUT2D eigenvalue weighted by Gasteiger charge is -2.25. The van der Waals surface area contributed by atoms with Crippen LogP contribution in [0.5, 0.6) is 0 Å². The largest absolute Gasteiger partial charge is 0.369 e. The summed E-state index contributed by atoms with van der Waals surface area (Å²) in [7, 11) is 0. The summed E-state index contributed by atoms with van der Waals surface area (Å²) in [5, 5.41) is 6.43. The molecule has 0 unspecified atom stereocenters. The Balaban J connectivity index is 2.12. The predicted molar refractivity (Wildman–Crippen MR) is 90.5 cm³/mol. The molecule has 0 aliphatic carbocycles. The van der Waals surface area contributed by atoms with Crippen molar-refractivity contribution in [1.82, 2.24) is 10.6 Å². The second kappa shape index (κ2) is 7.80. The molecule has 2 rings (SSSR count). The van der Waals surface area contributed by atoms with Gasteiger partial charge in [-0.05, 0) is 30.2 Å². The lowest BCUT2D eigenvalue weighted by molar-refractivity contribution is -0.120. The molecule has 0 bridgehead atoms. The molecule has 0 atom stereocenters. The van der Waals surface area contributed by atoms with Gasteiger partial charge in [-0.15, -0.1) is 0 Å². The molecule has 5 heteroatoms. The highest BCUT2D eigenvalue weighted by Crippen LogP contribution is 2.26. The maximum atomic E-state index is 11.5. The molecular weight excluding hydrogens is 330 g/mol. The van der Waals surface area contributed by atoms with Crippen molar-refractivity contribution in [1.29, 1.82) is 0 Å². The lowest BCUT2D eigenvalue weighted by Crippen LogP contribution is -2.30. The number of anilines is 1. The average molecular weight is 354 g/mol. The van der Waals surface area contributed by atoms with Gasteiger partial charge in [-0.2, -0.15) is 0 Å². The number of nitrogens with zero attached hydrogens (tertiary/aromatic N) is 1. The molecule has 1 aliphatic heterocycles. The summed E-state index contributed by atoms with van der Waals surface area (Å²) in [6, 6.07) is 6.40. The maximum Gasteiger partial charge on any atom is 0.221 e. The molecule has 1 aromatic rings. The van der Waals surface area contributed by atoms with E-state index in [-0.39, 0.29) is 5.91 Å². The fraction of sp³-hybridized carbons (Fsp3) is 0.562. The van der Waals surface area contributed by atoms with Gasteiger partial charge in [0.05, 0.1) is 0 Å². The summed E-state index contributed by atoms with van der Waals surface area (Å²) in [6.07, 6.45) is 0.561. The molecule has 0 aromatic heterocycles. The van der Waals surface area contributed by atoms with E-state index in [4.69, 9.17) is 0 Å². The van der Waals surface area contributed by atoms with Gasteiger partial charge in [-0.25, -0.2) is 0 Å². The number of benzene rings is 1. The first-order valence-electron chi connectivity index (χ1n) is 7.57. The molecule has 4 nitrogen and oxygen atoms in total. The summed E-state index contributed by atoms with van der Waals surface area (Å²) in [5.41, 5.74) is 2.50. The van der Waals surface area contributed by atoms with E-state index in [0.29, 0.717) is 18.9 Å². The third-order valence-corrected chi connectivity index (χ3v) is 4.06. The summed E-state index contributed by atoms with van der Waals surface area (Å²) < 4.78 is 1.08. The number of halogens is 1. The van der Waals surface area contributed by atoms with E-state index in [1.165, 1.54) is 11.3 Å². The average Bonchev–Trinajstić information content (AvgIpc) is 2.65. The molecule has 1 aromatic carbocycles. The van der Waals surface area contributed by atoms with Crippen LogP contribution < -0.4 is 15.5 Å². The zero-order valence-corrected chi connectivity index (χ0v) is 14.4. The number of carbonyl (C=O) groups is 1. The van der Waals surface area contributed by atoms with Crippen molar-refractivity contribution in [3.63, 3.8) is 0 Å². The molecule has 0 saturated carbocycles. The minimum atomic E-state index is 0.145. The first kappa shape index (κ1) is 16.3. The van der Waals surface area contributed by atoms with E-state index >= 15 is 0 Å². The quantitative estimate of drug-likeness (QED) is 0.854. The summed E-state index contributed by atoms with van der Waals surface area (Å²) in [4.78, 5) is 13.8. The third-order valence-electron chi connectivity index (χ3n) is 3.57. The Hall–Kier alpha value is -1.07. The minimum absolute atomic E-state index is 0.145. The normalized spacial score (nSPS) is 16.0. The smallest absolute Gasteiger partial charge is 0.221 e. The molecule has 1 fully saturated rings. The fourth-order valence-electron chi connectivity index (χ4n) is 2.48. The van der Waals surface area contributed by atoms with Crippen molar-refractivity contribution in [2.45, 2.75) is 26.8 Å². The van der Waals surface area contributed by atoms with Crippen molar-refractivity contribution in [3.8, 4) is 0 Å². The van der Waals surface area contributed by atoms with Crippen molar-refractivity contribution < 1.29 is 4.79 Å². The van der Waals surface area contributed by atoms with E-state index in [2.05, 4.69) is 63.5 Å². The maximum absolute atomic E-state index is 11.5. The Morgan fingerprint density at radius 2 is 2.19 bits per heavy atom. The number of amides is 1. The van der Waals surface area contributed by atoms with Crippen molar-refractivity contribution >= 4 is 27.5 Å². The lowest BCUT2D eigenvalue weighted by atomic mass is 10.1. The fourth-order valence-corrected chi connectivity index (χ4v) is 2.83. The number of nitrogens with one attached hydrogen (secondary N) is 2. The van der Waals surface area contributed by atoms with E-state index in [0.717, 1.165) is 30.7 Å². The van der Waals surface area contributed by atoms with Crippen LogP contribution in [0, 0.1) is 5.92 Å². The van der Waals surface area contributed by atoms with Gasteiger partial charge in [0.2, 0.25) is 5.91 Å². The van der Waals surface area contributed by atoms with Gasteiger partial charge in [0.15, 0.2) is 0 Å². The highest BCUT2D eigenvalue weighted by Gasteiger charge is 2.16. The van der Waals surface area contributed by atoms with E-state index in [1.54, 1.807) is 0 Å². The minimum Gasteiger partial charge on any atom is -0.369 e. The van der Waals surface area contributed by atoms with Crippen LogP contribution in [0.1, 0.15) is 25.8 Å². The van der Waals surface area contributed by atoms with Crippen LogP contribution >= 0.6 is 15.9 Å². The van der Waals surface area contributed by atoms with Gasteiger partial charge < -0.3 is 15.5 Å². The standard InChI is InChI=1S/C16H24BrN3O/c1-12(2)10-18-11-13-3-4-14(17)9-15(13)20-7-5-16(21)19-6-8-20/h3-4,9,12,18H,5-8,10-11H2,1-2H3,(H,19,21). The van der Waals surface area contributed by atoms with Crippen LogP contribution in [0.25, 0.3) is 0 Å². The van der Waals surface area contributed by atoms with Gasteiger partial charge >= 0.3 is 0 Å². The van der Waals surface area contributed by atoms with Gasteiger partial charge in [-0.1, -0.05) is 35.8 Å². The number of carbonyl (C=O) groups excluding carboxylic acids is 1. The van der Waals surface area contributed by atoms with Crippen LogP contribution in [0.2, 0.25) is 0 Å². The molecule has 2 N–H and O–H groups in total. The molecule has 1 heterocycles. The van der Waals surface area contributed by atoms with Crippen LogP contribution in [-0.2, 0) is 11.3 Å². The van der Waals surface area contributed by atoms with Gasteiger partial charge in [-0.3, -0.25) is 4.79 Å². The Morgan fingerprint density at radius 3 is 2.95 bits per heavy atom. The first-order chi connectivity index (χ1) is 10.1. The Morgan fingerprint density at radius 1 is 1.38 bits per heavy atom. The molecule has 21 heavy (non-hydrogen) atoms. The third kappa shape index (κ3) is 5.00. The Labute approximate surface area is 135 Å². The second-order valence-electron chi connectivity index (χ2n) is 5.88. The number of rotatable bonds is 5. The first-order valence-corrected chi connectivity index (χ1v) is 8.36. The van der Waals surface area contributed by atoms with Gasteiger partial charge in [0.1, 0.15) is 0 Å². The molecule has 0 spiro atoms. The molecule has 0 radical (unpaired) electrons.